The Morgan fingerprint density at radius 2 is 2.13 bits per heavy atom. The SMILES string of the molecule is CC1SCCC1NCC(C)N(C)C1CC1. The van der Waals surface area contributed by atoms with Gasteiger partial charge in [0.05, 0.1) is 0 Å². The first-order valence-corrected chi connectivity index (χ1v) is 7.30. The molecule has 2 rings (SSSR count). The van der Waals surface area contributed by atoms with E-state index < -0.39 is 0 Å². The Kier molecular flexibility index (Phi) is 3.97. The van der Waals surface area contributed by atoms with Crippen molar-refractivity contribution in [2.24, 2.45) is 0 Å². The summed E-state index contributed by atoms with van der Waals surface area (Å²) in [4.78, 5) is 2.54. The number of likely N-dealkylation sites (N-methyl/N-ethyl adjacent to an activating group) is 1. The Morgan fingerprint density at radius 1 is 1.40 bits per heavy atom. The number of hydrogen-bond donors (Lipinski definition) is 1. The normalized spacial score (nSPS) is 33.6. The van der Waals surface area contributed by atoms with E-state index in [1.165, 1.54) is 25.0 Å². The number of thioether (sulfide) groups is 1. The van der Waals surface area contributed by atoms with Crippen molar-refractivity contribution >= 4 is 11.8 Å². The van der Waals surface area contributed by atoms with Gasteiger partial charge in [-0.15, -0.1) is 0 Å². The highest BCUT2D eigenvalue weighted by Gasteiger charge is 2.30. The van der Waals surface area contributed by atoms with E-state index in [0.29, 0.717) is 6.04 Å². The van der Waals surface area contributed by atoms with Gasteiger partial charge in [0.25, 0.3) is 0 Å². The van der Waals surface area contributed by atoms with Gasteiger partial charge in [-0.05, 0) is 39.0 Å². The summed E-state index contributed by atoms with van der Waals surface area (Å²) in [7, 11) is 2.27. The van der Waals surface area contributed by atoms with Gasteiger partial charge in [-0.3, -0.25) is 4.90 Å². The van der Waals surface area contributed by atoms with Crippen molar-refractivity contribution in [3.63, 3.8) is 0 Å². The third kappa shape index (κ3) is 3.11. The monoisotopic (exact) mass is 228 g/mol. The highest BCUT2D eigenvalue weighted by Crippen LogP contribution is 2.28. The van der Waals surface area contributed by atoms with E-state index in [4.69, 9.17) is 0 Å². The van der Waals surface area contributed by atoms with Gasteiger partial charge in [0, 0.05) is 29.9 Å². The summed E-state index contributed by atoms with van der Waals surface area (Å²) in [6.07, 6.45) is 4.18. The van der Waals surface area contributed by atoms with Gasteiger partial charge < -0.3 is 5.32 Å². The molecule has 3 unspecified atom stereocenters. The Balaban J connectivity index is 1.67. The minimum absolute atomic E-state index is 0.690. The van der Waals surface area contributed by atoms with Crippen molar-refractivity contribution in [3.8, 4) is 0 Å². The molecule has 0 aromatic heterocycles. The van der Waals surface area contributed by atoms with Crippen molar-refractivity contribution in [3.05, 3.63) is 0 Å². The first kappa shape index (κ1) is 11.7. The fourth-order valence-electron chi connectivity index (χ4n) is 2.31. The van der Waals surface area contributed by atoms with Crippen molar-refractivity contribution in [1.29, 1.82) is 0 Å². The molecule has 1 saturated heterocycles. The van der Waals surface area contributed by atoms with Crippen molar-refractivity contribution in [2.75, 3.05) is 19.3 Å². The molecule has 2 aliphatic rings. The highest BCUT2D eigenvalue weighted by molar-refractivity contribution is 8.00. The first-order chi connectivity index (χ1) is 7.18. The molecule has 0 bridgehead atoms. The second kappa shape index (κ2) is 5.07. The molecule has 0 spiro atoms. The average Bonchev–Trinajstić information content (AvgIpc) is 2.99. The molecule has 88 valence electrons. The Labute approximate surface area is 98.2 Å². The minimum atomic E-state index is 0.690. The molecule has 15 heavy (non-hydrogen) atoms. The Hall–Kier alpha value is 0.270. The van der Waals surface area contributed by atoms with Crippen LogP contribution in [0.1, 0.15) is 33.1 Å². The van der Waals surface area contributed by atoms with E-state index in [1.807, 2.05) is 0 Å². The molecule has 0 aromatic rings. The first-order valence-electron chi connectivity index (χ1n) is 6.25. The van der Waals surface area contributed by atoms with Gasteiger partial charge in [0.1, 0.15) is 0 Å². The molecule has 0 radical (unpaired) electrons. The molecule has 1 N–H and O–H groups in total. The van der Waals surface area contributed by atoms with Crippen LogP contribution in [0.2, 0.25) is 0 Å². The topological polar surface area (TPSA) is 15.3 Å². The lowest BCUT2D eigenvalue weighted by Gasteiger charge is -2.27. The third-order valence-corrected chi connectivity index (χ3v) is 5.20. The molecule has 1 saturated carbocycles. The summed E-state index contributed by atoms with van der Waals surface area (Å²) in [6.45, 7) is 5.85. The quantitative estimate of drug-likeness (QED) is 0.774. The number of hydrogen-bond acceptors (Lipinski definition) is 3. The maximum atomic E-state index is 3.73. The van der Waals surface area contributed by atoms with Gasteiger partial charge in [0.15, 0.2) is 0 Å². The lowest BCUT2D eigenvalue weighted by Crippen LogP contribution is -2.44. The van der Waals surface area contributed by atoms with Crippen LogP contribution < -0.4 is 5.32 Å². The molecule has 3 atom stereocenters. The molecule has 3 heteroatoms. The standard InChI is InChI=1S/C12H24N2S/c1-9(14(3)11-4-5-11)8-13-12-6-7-15-10(12)2/h9-13H,4-8H2,1-3H3. The molecular weight excluding hydrogens is 204 g/mol. The molecule has 2 nitrogen and oxygen atoms in total. The average molecular weight is 228 g/mol. The van der Waals surface area contributed by atoms with E-state index >= 15 is 0 Å². The van der Waals surface area contributed by atoms with E-state index in [2.05, 4.69) is 42.9 Å². The van der Waals surface area contributed by atoms with Gasteiger partial charge in [-0.25, -0.2) is 0 Å². The molecule has 0 amide bonds. The lowest BCUT2D eigenvalue weighted by atomic mass is 10.1. The Morgan fingerprint density at radius 3 is 2.67 bits per heavy atom. The summed E-state index contributed by atoms with van der Waals surface area (Å²) in [6, 6.07) is 2.33. The molecule has 1 aliphatic heterocycles. The second-order valence-corrected chi connectivity index (χ2v) is 6.61. The van der Waals surface area contributed by atoms with E-state index in [-0.39, 0.29) is 0 Å². The lowest BCUT2D eigenvalue weighted by molar-refractivity contribution is 0.235. The highest BCUT2D eigenvalue weighted by atomic mass is 32.2. The smallest absolute Gasteiger partial charge is 0.0192 e. The van der Waals surface area contributed by atoms with Crippen molar-refractivity contribution in [2.45, 2.75) is 56.5 Å². The van der Waals surface area contributed by atoms with Gasteiger partial charge in [0.2, 0.25) is 0 Å². The maximum Gasteiger partial charge on any atom is 0.0192 e. The summed E-state index contributed by atoms with van der Waals surface area (Å²) >= 11 is 2.11. The second-order valence-electron chi connectivity index (χ2n) is 5.12. The summed E-state index contributed by atoms with van der Waals surface area (Å²) in [5.74, 6) is 1.34. The van der Waals surface area contributed by atoms with Gasteiger partial charge >= 0.3 is 0 Å². The van der Waals surface area contributed by atoms with Crippen LogP contribution in [0.5, 0.6) is 0 Å². The zero-order valence-electron chi connectivity index (χ0n) is 10.2. The molecule has 1 aliphatic carbocycles. The predicted octanol–water partition coefficient (Wildman–Crippen LogP) is 1.95. The van der Waals surface area contributed by atoms with Crippen LogP contribution >= 0.6 is 11.8 Å². The number of nitrogens with one attached hydrogen (secondary N) is 1. The van der Waals surface area contributed by atoms with Crippen LogP contribution in [-0.4, -0.2) is 47.6 Å². The van der Waals surface area contributed by atoms with Crippen LogP contribution in [0.15, 0.2) is 0 Å². The molecular formula is C12H24N2S. The van der Waals surface area contributed by atoms with Crippen molar-refractivity contribution < 1.29 is 0 Å². The fraction of sp³-hybridized carbons (Fsp3) is 1.00. The van der Waals surface area contributed by atoms with Crippen LogP contribution in [0, 0.1) is 0 Å². The fourth-order valence-corrected chi connectivity index (χ4v) is 3.53. The van der Waals surface area contributed by atoms with Crippen LogP contribution in [0.25, 0.3) is 0 Å². The minimum Gasteiger partial charge on any atom is -0.311 e. The van der Waals surface area contributed by atoms with Crippen LogP contribution in [-0.2, 0) is 0 Å². The molecule has 0 aromatic carbocycles. The zero-order valence-corrected chi connectivity index (χ0v) is 11.0. The molecule has 2 fully saturated rings. The van der Waals surface area contributed by atoms with Crippen LogP contribution in [0.3, 0.4) is 0 Å². The number of nitrogens with zero attached hydrogens (tertiary/aromatic N) is 1. The summed E-state index contributed by atoms with van der Waals surface area (Å²) < 4.78 is 0. The Bertz CT molecular complexity index is 206. The predicted molar refractivity (Wildman–Crippen MR) is 68.6 cm³/mol. The van der Waals surface area contributed by atoms with E-state index in [0.717, 1.165) is 23.9 Å². The van der Waals surface area contributed by atoms with Crippen molar-refractivity contribution in [1.82, 2.24) is 10.2 Å². The maximum absolute atomic E-state index is 3.73. The summed E-state index contributed by atoms with van der Waals surface area (Å²) in [5, 5.41) is 4.54. The van der Waals surface area contributed by atoms with E-state index in [9.17, 15) is 0 Å². The number of rotatable bonds is 5. The van der Waals surface area contributed by atoms with E-state index in [1.54, 1.807) is 0 Å². The van der Waals surface area contributed by atoms with Gasteiger partial charge in [-0.1, -0.05) is 6.92 Å². The third-order valence-electron chi connectivity index (χ3n) is 3.87. The summed E-state index contributed by atoms with van der Waals surface area (Å²) in [5.41, 5.74) is 0. The zero-order chi connectivity index (χ0) is 10.8. The van der Waals surface area contributed by atoms with Crippen LogP contribution in [0.4, 0.5) is 0 Å². The van der Waals surface area contributed by atoms with Gasteiger partial charge in [-0.2, -0.15) is 11.8 Å². The largest absolute Gasteiger partial charge is 0.311 e. The molecule has 1 heterocycles.